The van der Waals surface area contributed by atoms with Gasteiger partial charge in [-0.3, -0.25) is 0 Å². The van der Waals surface area contributed by atoms with Gasteiger partial charge in [-0.1, -0.05) is 18.9 Å². The summed E-state index contributed by atoms with van der Waals surface area (Å²) in [4.78, 5) is 2.44. The summed E-state index contributed by atoms with van der Waals surface area (Å²) in [5, 5.41) is 24.6. The number of aryl methyl sites for hydroxylation is 1. The van der Waals surface area contributed by atoms with Crippen LogP contribution in [0.4, 0.5) is 5.69 Å². The van der Waals surface area contributed by atoms with Crippen LogP contribution in [0.1, 0.15) is 61.6 Å². The SMILES string of the molecule is C#C[C@]1(O)CCC2C3CCc4cc(CO)c(N5CCNCC5)cc4C3CC[C@@]21C. The van der Waals surface area contributed by atoms with E-state index in [4.69, 9.17) is 6.42 Å². The molecule has 3 aliphatic carbocycles. The molecule has 0 bridgehead atoms. The van der Waals surface area contributed by atoms with Crippen LogP contribution in [-0.4, -0.2) is 42.0 Å². The first-order valence-corrected chi connectivity index (χ1v) is 11.4. The van der Waals surface area contributed by atoms with E-state index >= 15 is 0 Å². The van der Waals surface area contributed by atoms with Gasteiger partial charge in [0.25, 0.3) is 0 Å². The molecule has 1 heterocycles. The third-order valence-electron chi connectivity index (χ3n) is 8.94. The number of nitrogens with zero attached hydrogens (tertiary/aromatic N) is 1. The Bertz CT molecular complexity index is 840. The molecule has 3 unspecified atom stereocenters. The Morgan fingerprint density at radius 1 is 1.21 bits per heavy atom. The number of terminal acetylenes is 1. The third-order valence-corrected chi connectivity index (χ3v) is 8.94. The number of nitrogens with one attached hydrogen (secondary N) is 1. The molecule has 1 aromatic rings. The van der Waals surface area contributed by atoms with Gasteiger partial charge in [0.05, 0.1) is 6.61 Å². The van der Waals surface area contributed by atoms with Crippen molar-refractivity contribution in [3.8, 4) is 12.3 Å². The fraction of sp³-hybridized carbons (Fsp3) is 0.680. The fourth-order valence-corrected chi connectivity index (χ4v) is 7.24. The molecule has 3 N–H and O–H groups in total. The van der Waals surface area contributed by atoms with Crippen molar-refractivity contribution in [3.63, 3.8) is 0 Å². The van der Waals surface area contributed by atoms with E-state index in [-0.39, 0.29) is 12.0 Å². The molecule has 1 aromatic carbocycles. The molecule has 5 atom stereocenters. The summed E-state index contributed by atoms with van der Waals surface area (Å²) in [7, 11) is 0. The molecule has 156 valence electrons. The molecule has 2 saturated carbocycles. The van der Waals surface area contributed by atoms with Crippen molar-refractivity contribution in [3.05, 3.63) is 28.8 Å². The predicted octanol–water partition coefficient (Wildman–Crippen LogP) is 2.81. The second-order valence-corrected chi connectivity index (χ2v) is 9.99. The van der Waals surface area contributed by atoms with E-state index in [2.05, 4.69) is 35.2 Å². The number of hydrogen-bond acceptors (Lipinski definition) is 4. The topological polar surface area (TPSA) is 55.7 Å². The van der Waals surface area contributed by atoms with Crippen LogP contribution in [0.2, 0.25) is 0 Å². The van der Waals surface area contributed by atoms with Crippen LogP contribution in [0.25, 0.3) is 0 Å². The molecule has 3 fully saturated rings. The summed E-state index contributed by atoms with van der Waals surface area (Å²) in [6.45, 7) is 6.34. The zero-order chi connectivity index (χ0) is 20.2. The lowest BCUT2D eigenvalue weighted by Gasteiger charge is -2.52. The normalized spacial score (nSPS) is 38.7. The first-order chi connectivity index (χ1) is 14.0. The van der Waals surface area contributed by atoms with Crippen molar-refractivity contribution in [1.82, 2.24) is 5.32 Å². The van der Waals surface area contributed by atoms with Crippen LogP contribution >= 0.6 is 0 Å². The van der Waals surface area contributed by atoms with E-state index < -0.39 is 5.60 Å². The molecule has 0 spiro atoms. The van der Waals surface area contributed by atoms with E-state index in [0.717, 1.165) is 63.8 Å². The molecule has 0 radical (unpaired) electrons. The molecule has 5 rings (SSSR count). The van der Waals surface area contributed by atoms with Crippen LogP contribution in [0.3, 0.4) is 0 Å². The lowest BCUT2D eigenvalue weighted by Crippen LogP contribution is -2.50. The number of piperazine rings is 1. The van der Waals surface area contributed by atoms with Gasteiger partial charge in [0, 0.05) is 42.8 Å². The van der Waals surface area contributed by atoms with Crippen molar-refractivity contribution in [1.29, 1.82) is 0 Å². The Hall–Kier alpha value is -1.54. The summed E-state index contributed by atoms with van der Waals surface area (Å²) in [5.74, 6) is 4.46. The van der Waals surface area contributed by atoms with Gasteiger partial charge in [0.2, 0.25) is 0 Å². The van der Waals surface area contributed by atoms with E-state index in [0.29, 0.717) is 17.8 Å². The van der Waals surface area contributed by atoms with Crippen molar-refractivity contribution in [2.24, 2.45) is 17.3 Å². The van der Waals surface area contributed by atoms with E-state index in [1.807, 2.05) is 0 Å². The van der Waals surface area contributed by atoms with Gasteiger partial charge in [-0.15, -0.1) is 6.42 Å². The van der Waals surface area contributed by atoms with Crippen molar-refractivity contribution in [2.45, 2.75) is 63.6 Å². The lowest BCUT2D eigenvalue weighted by molar-refractivity contribution is -0.0646. The maximum atomic E-state index is 11.1. The van der Waals surface area contributed by atoms with Gasteiger partial charge in [-0.05, 0) is 73.5 Å². The highest BCUT2D eigenvalue weighted by molar-refractivity contribution is 5.59. The van der Waals surface area contributed by atoms with E-state index in [1.165, 1.54) is 23.2 Å². The summed E-state index contributed by atoms with van der Waals surface area (Å²) in [6, 6.07) is 4.69. The molecule has 0 aromatic heterocycles. The molecule has 4 heteroatoms. The van der Waals surface area contributed by atoms with E-state index in [1.54, 1.807) is 0 Å². The summed E-state index contributed by atoms with van der Waals surface area (Å²) in [6.07, 6.45) is 12.0. The Morgan fingerprint density at radius 3 is 2.72 bits per heavy atom. The molecule has 1 saturated heterocycles. The highest BCUT2D eigenvalue weighted by Gasteiger charge is 2.61. The zero-order valence-electron chi connectivity index (χ0n) is 17.6. The quantitative estimate of drug-likeness (QED) is 0.675. The number of fused-ring (bicyclic) bond motifs is 5. The number of rotatable bonds is 2. The Morgan fingerprint density at radius 2 is 2.00 bits per heavy atom. The predicted molar refractivity (Wildman–Crippen MR) is 116 cm³/mol. The van der Waals surface area contributed by atoms with Gasteiger partial charge in [-0.25, -0.2) is 0 Å². The van der Waals surface area contributed by atoms with Crippen molar-refractivity contribution < 1.29 is 10.2 Å². The molecule has 4 nitrogen and oxygen atoms in total. The van der Waals surface area contributed by atoms with Crippen LogP contribution in [-0.2, 0) is 13.0 Å². The van der Waals surface area contributed by atoms with Crippen molar-refractivity contribution in [2.75, 3.05) is 31.1 Å². The second-order valence-electron chi connectivity index (χ2n) is 9.99. The number of hydrogen-bond donors (Lipinski definition) is 3. The molecular weight excluding hydrogens is 360 g/mol. The Kier molecular flexibility index (Phi) is 4.70. The number of aliphatic hydroxyl groups is 2. The maximum absolute atomic E-state index is 11.1. The largest absolute Gasteiger partial charge is 0.392 e. The smallest absolute Gasteiger partial charge is 0.130 e. The molecule has 0 amide bonds. The van der Waals surface area contributed by atoms with Gasteiger partial charge in [-0.2, -0.15) is 0 Å². The zero-order valence-corrected chi connectivity index (χ0v) is 17.6. The number of anilines is 1. The highest BCUT2D eigenvalue weighted by Crippen LogP contribution is 2.64. The molecule has 4 aliphatic rings. The minimum absolute atomic E-state index is 0.108. The average Bonchev–Trinajstić information content (AvgIpc) is 3.04. The van der Waals surface area contributed by atoms with Crippen LogP contribution in [0.5, 0.6) is 0 Å². The molecule has 29 heavy (non-hydrogen) atoms. The fourth-order valence-electron chi connectivity index (χ4n) is 7.24. The Labute approximate surface area is 174 Å². The maximum Gasteiger partial charge on any atom is 0.130 e. The summed E-state index contributed by atoms with van der Waals surface area (Å²) >= 11 is 0. The minimum Gasteiger partial charge on any atom is -0.392 e. The standard InChI is InChI=1S/C25H34N2O2/c1-3-25(29)9-7-22-20-5-4-17-14-18(16-28)23(27-12-10-26-11-13-27)15-21(17)19(20)6-8-24(22,25)2/h1,14-15,19-20,22,26,28-29H,4-13,16H2,2H3/t19?,20?,22?,24-,25-/m0/s1. The van der Waals surface area contributed by atoms with Crippen LogP contribution in [0.15, 0.2) is 12.1 Å². The summed E-state index contributed by atoms with van der Waals surface area (Å²) in [5.41, 5.74) is 4.16. The summed E-state index contributed by atoms with van der Waals surface area (Å²) < 4.78 is 0. The van der Waals surface area contributed by atoms with E-state index in [9.17, 15) is 10.2 Å². The second kappa shape index (κ2) is 7.01. The molecule has 1 aliphatic heterocycles. The number of benzene rings is 1. The lowest BCUT2D eigenvalue weighted by atomic mass is 9.53. The third kappa shape index (κ3) is 2.78. The van der Waals surface area contributed by atoms with Crippen LogP contribution < -0.4 is 10.2 Å². The Balaban J connectivity index is 1.51. The van der Waals surface area contributed by atoms with Crippen LogP contribution in [0, 0.1) is 29.6 Å². The van der Waals surface area contributed by atoms with Gasteiger partial charge in [0.1, 0.15) is 5.60 Å². The first-order valence-electron chi connectivity index (χ1n) is 11.4. The monoisotopic (exact) mass is 394 g/mol. The van der Waals surface area contributed by atoms with Gasteiger partial charge in [0.15, 0.2) is 0 Å². The first kappa shape index (κ1) is 19.4. The minimum atomic E-state index is -0.935. The van der Waals surface area contributed by atoms with Gasteiger partial charge < -0.3 is 20.4 Å². The highest BCUT2D eigenvalue weighted by atomic mass is 16.3. The number of aliphatic hydroxyl groups excluding tert-OH is 1. The average molecular weight is 395 g/mol. The van der Waals surface area contributed by atoms with Gasteiger partial charge >= 0.3 is 0 Å². The van der Waals surface area contributed by atoms with Crippen molar-refractivity contribution >= 4 is 5.69 Å². The molecular formula is C25H34N2O2.